The third kappa shape index (κ3) is 10.1. The van der Waals surface area contributed by atoms with E-state index in [1.165, 1.54) is 0 Å². The van der Waals surface area contributed by atoms with Crippen LogP contribution in [0.25, 0.3) is 0 Å². The van der Waals surface area contributed by atoms with Gasteiger partial charge in [-0.15, -0.1) is 0 Å². The zero-order valence-electron chi connectivity index (χ0n) is 16.0. The molecule has 0 spiro atoms. The molecule has 4 atom stereocenters. The number of rotatable bonds is 12. The fourth-order valence-electron chi connectivity index (χ4n) is 3.62. The van der Waals surface area contributed by atoms with Crippen molar-refractivity contribution >= 4 is 34.3 Å². The fraction of sp³-hybridized carbons (Fsp3) is 0.895. The molecule has 156 valence electrons. The maximum Gasteiger partial charge on any atom is 0.306 e. The summed E-state index contributed by atoms with van der Waals surface area (Å²) in [5.41, 5.74) is 0. The largest absolute Gasteiger partial charge is 0.616 e. The number of esters is 2. The SMILES string of the molecule is O=C1CC(CCC[S+]([O-])CCC[S+]([O-])CCCC2CCOC(=O)C2)CCO1. The third-order valence-electron chi connectivity index (χ3n) is 5.20. The van der Waals surface area contributed by atoms with E-state index in [1.54, 1.807) is 0 Å². The molecule has 0 aromatic rings. The van der Waals surface area contributed by atoms with Gasteiger partial charge >= 0.3 is 11.9 Å². The molecule has 0 N–H and O–H groups in total. The van der Waals surface area contributed by atoms with E-state index in [4.69, 9.17) is 9.47 Å². The topological polar surface area (TPSA) is 98.7 Å². The minimum absolute atomic E-state index is 0.113. The standard InChI is InChI=1S/C19H32O6S2/c20-18-14-16(6-8-24-18)4-1-10-26(22)12-3-13-27(23)11-2-5-17-7-9-25-19(21)15-17/h16-17H,1-15H2. The molecule has 0 bridgehead atoms. The summed E-state index contributed by atoms with van der Waals surface area (Å²) in [6, 6.07) is 0. The van der Waals surface area contributed by atoms with E-state index in [9.17, 15) is 18.7 Å². The van der Waals surface area contributed by atoms with Gasteiger partial charge in [-0.05, 0) is 50.4 Å². The average Bonchev–Trinajstić information content (AvgIpc) is 2.62. The second-order valence-corrected chi connectivity index (χ2v) is 10.9. The number of ether oxygens (including phenoxy) is 2. The third-order valence-corrected chi connectivity index (χ3v) is 8.18. The van der Waals surface area contributed by atoms with E-state index in [0.29, 0.717) is 60.9 Å². The van der Waals surface area contributed by atoms with E-state index >= 15 is 0 Å². The van der Waals surface area contributed by atoms with Gasteiger partial charge in [0, 0.05) is 19.3 Å². The highest BCUT2D eigenvalue weighted by Crippen LogP contribution is 2.22. The lowest BCUT2D eigenvalue weighted by Gasteiger charge is -2.21. The van der Waals surface area contributed by atoms with Crippen molar-refractivity contribution in [3.8, 4) is 0 Å². The Bertz CT molecular complexity index is 421. The summed E-state index contributed by atoms with van der Waals surface area (Å²) >= 11 is -1.73. The lowest BCUT2D eigenvalue weighted by atomic mass is 9.95. The average molecular weight is 421 g/mol. The summed E-state index contributed by atoms with van der Waals surface area (Å²) < 4.78 is 34.0. The second-order valence-electron chi connectivity index (χ2n) is 7.49. The van der Waals surface area contributed by atoms with Crippen molar-refractivity contribution in [2.75, 3.05) is 36.2 Å². The zero-order valence-corrected chi connectivity index (χ0v) is 17.7. The Labute approximate surface area is 168 Å². The van der Waals surface area contributed by atoms with Crippen LogP contribution >= 0.6 is 0 Å². The predicted molar refractivity (Wildman–Crippen MR) is 106 cm³/mol. The van der Waals surface area contributed by atoms with Crippen molar-refractivity contribution in [1.82, 2.24) is 0 Å². The molecule has 0 amide bonds. The van der Waals surface area contributed by atoms with Gasteiger partial charge in [0.25, 0.3) is 0 Å². The molecule has 8 heteroatoms. The Balaban J connectivity index is 1.43. The molecule has 2 aliphatic heterocycles. The Morgan fingerprint density at radius 3 is 1.56 bits per heavy atom. The van der Waals surface area contributed by atoms with Crippen molar-refractivity contribution in [1.29, 1.82) is 0 Å². The lowest BCUT2D eigenvalue weighted by Crippen LogP contribution is -2.22. The Kier molecular flexibility index (Phi) is 10.9. The van der Waals surface area contributed by atoms with E-state index in [1.807, 2.05) is 0 Å². The van der Waals surface area contributed by atoms with Crippen LogP contribution in [0.1, 0.15) is 57.8 Å². The highest BCUT2D eigenvalue weighted by Gasteiger charge is 2.22. The second kappa shape index (κ2) is 12.9. The summed E-state index contributed by atoms with van der Waals surface area (Å²) in [5, 5.41) is 0. The number of hydrogen-bond donors (Lipinski definition) is 0. The monoisotopic (exact) mass is 420 g/mol. The van der Waals surface area contributed by atoms with Crippen LogP contribution in [-0.2, 0) is 41.4 Å². The molecule has 0 radical (unpaired) electrons. The van der Waals surface area contributed by atoms with Crippen LogP contribution in [0, 0.1) is 11.8 Å². The van der Waals surface area contributed by atoms with Crippen LogP contribution in [0.2, 0.25) is 0 Å². The van der Waals surface area contributed by atoms with E-state index in [-0.39, 0.29) is 11.9 Å². The molecule has 2 aliphatic rings. The van der Waals surface area contributed by atoms with Crippen molar-refractivity contribution in [3.63, 3.8) is 0 Å². The first kappa shape index (κ1) is 22.8. The van der Waals surface area contributed by atoms with E-state index in [0.717, 1.165) is 44.9 Å². The van der Waals surface area contributed by atoms with Gasteiger partial charge in [0.1, 0.15) is 23.0 Å². The molecule has 2 fully saturated rings. The fourth-order valence-corrected chi connectivity index (χ4v) is 6.12. The van der Waals surface area contributed by atoms with Crippen LogP contribution in [0.4, 0.5) is 0 Å². The number of hydrogen-bond acceptors (Lipinski definition) is 6. The maximum absolute atomic E-state index is 12.1. The Morgan fingerprint density at radius 1 is 0.741 bits per heavy atom. The maximum atomic E-state index is 12.1. The number of carbonyl (C=O) groups excluding carboxylic acids is 2. The molecular formula is C19H32O6S2. The predicted octanol–water partition coefficient (Wildman–Crippen LogP) is 2.34. The number of cyclic esters (lactones) is 2. The minimum Gasteiger partial charge on any atom is -0.616 e. The van der Waals surface area contributed by atoms with Crippen LogP contribution < -0.4 is 0 Å². The van der Waals surface area contributed by atoms with E-state index < -0.39 is 22.4 Å². The summed E-state index contributed by atoms with van der Waals surface area (Å²) in [4.78, 5) is 22.4. The van der Waals surface area contributed by atoms with Gasteiger partial charge < -0.3 is 18.6 Å². The normalized spacial score (nSPS) is 25.6. The molecule has 0 saturated carbocycles. The first-order valence-corrected chi connectivity index (χ1v) is 13.0. The van der Waals surface area contributed by atoms with Crippen molar-refractivity contribution in [2.24, 2.45) is 11.8 Å². The molecule has 0 aromatic heterocycles. The van der Waals surface area contributed by atoms with Gasteiger partial charge in [-0.25, -0.2) is 0 Å². The van der Waals surface area contributed by atoms with Gasteiger partial charge in [0.2, 0.25) is 0 Å². The van der Waals surface area contributed by atoms with Gasteiger partial charge in [-0.3, -0.25) is 9.59 Å². The Morgan fingerprint density at radius 2 is 1.15 bits per heavy atom. The molecule has 0 aromatic carbocycles. The lowest BCUT2D eigenvalue weighted by molar-refractivity contribution is -0.150. The van der Waals surface area contributed by atoms with Crippen LogP contribution in [0.5, 0.6) is 0 Å². The van der Waals surface area contributed by atoms with Crippen LogP contribution in [0.15, 0.2) is 0 Å². The summed E-state index contributed by atoms with van der Waals surface area (Å²) in [5.74, 6) is 3.06. The van der Waals surface area contributed by atoms with E-state index in [2.05, 4.69) is 0 Å². The van der Waals surface area contributed by atoms with Crippen LogP contribution in [-0.4, -0.2) is 57.3 Å². The molecule has 0 aliphatic carbocycles. The van der Waals surface area contributed by atoms with Gasteiger partial charge in [-0.2, -0.15) is 0 Å². The smallest absolute Gasteiger partial charge is 0.306 e. The molecule has 2 heterocycles. The minimum atomic E-state index is -0.865. The molecule has 4 unspecified atom stereocenters. The van der Waals surface area contributed by atoms with Crippen molar-refractivity contribution in [2.45, 2.75) is 57.8 Å². The van der Waals surface area contributed by atoms with Crippen molar-refractivity contribution in [3.05, 3.63) is 0 Å². The molecule has 2 saturated heterocycles. The Hall–Kier alpha value is -0.440. The number of carbonyl (C=O) groups is 2. The highest BCUT2D eigenvalue weighted by atomic mass is 32.2. The molecule has 6 nitrogen and oxygen atoms in total. The molecule has 2 rings (SSSR count). The van der Waals surface area contributed by atoms with Crippen molar-refractivity contribution < 1.29 is 28.2 Å². The van der Waals surface area contributed by atoms with Gasteiger partial charge in [-0.1, -0.05) is 22.4 Å². The quantitative estimate of drug-likeness (QED) is 0.355. The molecule has 27 heavy (non-hydrogen) atoms. The van der Waals surface area contributed by atoms with Crippen LogP contribution in [0.3, 0.4) is 0 Å². The molecular weight excluding hydrogens is 388 g/mol. The summed E-state index contributed by atoms with van der Waals surface area (Å²) in [7, 11) is 0. The summed E-state index contributed by atoms with van der Waals surface area (Å²) in [6.07, 6.45) is 7.16. The zero-order chi connectivity index (χ0) is 19.5. The first-order chi connectivity index (χ1) is 13.0. The first-order valence-electron chi connectivity index (χ1n) is 10.0. The summed E-state index contributed by atoms with van der Waals surface area (Å²) in [6.45, 7) is 1.03. The van der Waals surface area contributed by atoms with Gasteiger partial charge in [0.15, 0.2) is 0 Å². The highest BCUT2D eigenvalue weighted by molar-refractivity contribution is 7.92. The van der Waals surface area contributed by atoms with Gasteiger partial charge in [0.05, 0.1) is 13.2 Å².